The number of oxazole rings is 1. The van der Waals surface area contributed by atoms with Crippen LogP contribution >= 0.6 is 0 Å². The second-order valence-corrected chi connectivity index (χ2v) is 6.41. The van der Waals surface area contributed by atoms with Crippen LogP contribution in [0.25, 0.3) is 11.3 Å². The quantitative estimate of drug-likeness (QED) is 0.947. The molecule has 2 fully saturated rings. The number of benzene rings is 1. The Hall–Kier alpha value is -2.14. The lowest BCUT2D eigenvalue weighted by Gasteiger charge is -2.37. The third kappa shape index (κ3) is 2.88. The van der Waals surface area contributed by atoms with E-state index in [0.717, 1.165) is 12.0 Å². The van der Waals surface area contributed by atoms with Gasteiger partial charge in [0.05, 0.1) is 6.20 Å². The van der Waals surface area contributed by atoms with Gasteiger partial charge in [0, 0.05) is 23.2 Å². The largest absolute Gasteiger partial charge is 0.444 e. The zero-order valence-electron chi connectivity index (χ0n) is 13.1. The predicted octanol–water partition coefficient (Wildman–Crippen LogP) is 2.70. The number of fused-ring (bicyclic) bond motifs is 1. The number of carbonyl (C=O) groups is 1. The topological polar surface area (TPSA) is 58.4 Å². The van der Waals surface area contributed by atoms with Crippen molar-refractivity contribution in [3.8, 4) is 11.3 Å². The minimum atomic E-state index is 0.0212. The molecule has 23 heavy (non-hydrogen) atoms. The van der Waals surface area contributed by atoms with Gasteiger partial charge in [-0.3, -0.25) is 9.69 Å². The lowest BCUT2D eigenvalue weighted by molar-refractivity contribution is 0.0868. The highest BCUT2D eigenvalue weighted by Gasteiger charge is 2.35. The summed E-state index contributed by atoms with van der Waals surface area (Å²) < 4.78 is 5.27. The molecule has 2 saturated heterocycles. The minimum Gasteiger partial charge on any atom is -0.444 e. The van der Waals surface area contributed by atoms with E-state index in [1.165, 1.54) is 38.7 Å². The van der Waals surface area contributed by atoms with Crippen LogP contribution in [0.3, 0.4) is 0 Å². The molecule has 0 aliphatic carbocycles. The maximum absolute atomic E-state index is 12.5. The van der Waals surface area contributed by atoms with Gasteiger partial charge in [-0.15, -0.1) is 0 Å². The fourth-order valence-electron chi connectivity index (χ4n) is 3.86. The fourth-order valence-corrected chi connectivity index (χ4v) is 3.86. The van der Waals surface area contributed by atoms with E-state index in [0.29, 0.717) is 17.4 Å². The molecular weight excluding hydrogens is 290 g/mol. The van der Waals surface area contributed by atoms with Crippen molar-refractivity contribution in [2.75, 3.05) is 13.1 Å². The van der Waals surface area contributed by atoms with E-state index in [4.69, 9.17) is 4.42 Å². The van der Waals surface area contributed by atoms with Crippen LogP contribution in [-0.2, 0) is 0 Å². The molecule has 5 nitrogen and oxygen atoms in total. The molecule has 2 aliphatic rings. The molecule has 1 aromatic heterocycles. The number of amides is 1. The Morgan fingerprint density at radius 2 is 1.96 bits per heavy atom. The van der Waals surface area contributed by atoms with Crippen LogP contribution in [0.1, 0.15) is 36.0 Å². The molecule has 0 bridgehead atoms. The molecule has 2 aliphatic heterocycles. The first-order valence-electron chi connectivity index (χ1n) is 8.35. The Balaban J connectivity index is 1.44. The van der Waals surface area contributed by atoms with Crippen molar-refractivity contribution in [3.05, 3.63) is 42.4 Å². The van der Waals surface area contributed by atoms with Crippen LogP contribution < -0.4 is 5.32 Å². The molecule has 120 valence electrons. The molecule has 1 aromatic carbocycles. The molecule has 1 amide bonds. The molecule has 4 rings (SSSR count). The highest BCUT2D eigenvalue weighted by Crippen LogP contribution is 2.27. The zero-order chi connectivity index (χ0) is 15.6. The summed E-state index contributed by atoms with van der Waals surface area (Å²) in [4.78, 5) is 19.0. The number of rotatable bonds is 3. The number of aromatic nitrogens is 1. The van der Waals surface area contributed by atoms with Crippen molar-refractivity contribution in [1.29, 1.82) is 0 Å². The summed E-state index contributed by atoms with van der Waals surface area (Å²) in [5.74, 6) is 0.735. The van der Waals surface area contributed by atoms with E-state index >= 15 is 0 Å². The van der Waals surface area contributed by atoms with Gasteiger partial charge < -0.3 is 9.73 Å². The lowest BCUT2D eigenvalue weighted by atomic mass is 9.96. The Morgan fingerprint density at radius 1 is 1.17 bits per heavy atom. The maximum Gasteiger partial charge on any atom is 0.251 e. The average Bonchev–Trinajstić information content (AvgIpc) is 3.27. The normalized spacial score (nSPS) is 24.3. The monoisotopic (exact) mass is 311 g/mol. The van der Waals surface area contributed by atoms with Crippen LogP contribution in [0.5, 0.6) is 0 Å². The summed E-state index contributed by atoms with van der Waals surface area (Å²) >= 11 is 0. The SMILES string of the molecule is O=C(NC1CCCN2CCCC12)c1ccc(-c2cnco2)cc1. The second-order valence-electron chi connectivity index (χ2n) is 6.41. The molecule has 1 N–H and O–H groups in total. The summed E-state index contributed by atoms with van der Waals surface area (Å²) in [5.41, 5.74) is 1.63. The lowest BCUT2D eigenvalue weighted by Crippen LogP contribution is -2.52. The Morgan fingerprint density at radius 3 is 2.70 bits per heavy atom. The third-order valence-electron chi connectivity index (χ3n) is 5.02. The van der Waals surface area contributed by atoms with E-state index in [9.17, 15) is 4.79 Å². The van der Waals surface area contributed by atoms with Crippen LogP contribution in [-0.4, -0.2) is 41.0 Å². The number of hydrogen-bond donors (Lipinski definition) is 1. The van der Waals surface area contributed by atoms with Crippen molar-refractivity contribution < 1.29 is 9.21 Å². The first-order valence-corrected chi connectivity index (χ1v) is 8.35. The third-order valence-corrected chi connectivity index (χ3v) is 5.02. The molecule has 2 atom stereocenters. The predicted molar refractivity (Wildman–Crippen MR) is 87.0 cm³/mol. The maximum atomic E-state index is 12.5. The van der Waals surface area contributed by atoms with Crippen LogP contribution in [0, 0.1) is 0 Å². The summed E-state index contributed by atoms with van der Waals surface area (Å²) in [5, 5.41) is 3.24. The molecule has 0 saturated carbocycles. The Labute approximate surface area is 135 Å². The zero-order valence-corrected chi connectivity index (χ0v) is 13.1. The number of carbonyl (C=O) groups excluding carboxylic acids is 1. The average molecular weight is 311 g/mol. The van der Waals surface area contributed by atoms with Gasteiger partial charge in [0.25, 0.3) is 5.91 Å². The number of nitrogens with one attached hydrogen (secondary N) is 1. The van der Waals surface area contributed by atoms with Gasteiger partial charge in [-0.25, -0.2) is 4.98 Å². The van der Waals surface area contributed by atoms with Crippen molar-refractivity contribution >= 4 is 5.91 Å². The summed E-state index contributed by atoms with van der Waals surface area (Å²) in [6.45, 7) is 2.37. The standard InChI is InChI=1S/C18H21N3O2/c22-18(20-15-3-1-9-21-10-2-4-16(15)21)14-7-5-13(6-8-14)17-11-19-12-23-17/h5-8,11-12,15-16H,1-4,9-10H2,(H,20,22). The van der Waals surface area contributed by atoms with Crippen LogP contribution in [0.2, 0.25) is 0 Å². The first-order chi connectivity index (χ1) is 11.3. The van der Waals surface area contributed by atoms with Gasteiger partial charge >= 0.3 is 0 Å². The molecule has 0 radical (unpaired) electrons. The van der Waals surface area contributed by atoms with Crippen molar-refractivity contribution in [2.45, 2.75) is 37.8 Å². The second kappa shape index (κ2) is 6.16. The molecule has 0 spiro atoms. The highest BCUT2D eigenvalue weighted by atomic mass is 16.3. The van der Waals surface area contributed by atoms with E-state index in [-0.39, 0.29) is 11.9 Å². The summed E-state index contributed by atoms with van der Waals surface area (Å²) in [7, 11) is 0. The summed E-state index contributed by atoms with van der Waals surface area (Å²) in [6, 6.07) is 8.31. The van der Waals surface area contributed by atoms with E-state index in [1.54, 1.807) is 6.20 Å². The number of hydrogen-bond acceptors (Lipinski definition) is 4. The molecule has 2 unspecified atom stereocenters. The van der Waals surface area contributed by atoms with Crippen molar-refractivity contribution in [3.63, 3.8) is 0 Å². The molecular formula is C18H21N3O2. The number of nitrogens with zero attached hydrogens (tertiary/aromatic N) is 2. The van der Waals surface area contributed by atoms with Gasteiger partial charge in [-0.05, 0) is 50.9 Å². The van der Waals surface area contributed by atoms with Gasteiger partial charge in [-0.2, -0.15) is 0 Å². The van der Waals surface area contributed by atoms with Crippen molar-refractivity contribution in [2.24, 2.45) is 0 Å². The van der Waals surface area contributed by atoms with Crippen molar-refractivity contribution in [1.82, 2.24) is 15.2 Å². The molecule has 5 heteroatoms. The van der Waals surface area contributed by atoms with Gasteiger partial charge in [-0.1, -0.05) is 12.1 Å². The van der Waals surface area contributed by atoms with Gasteiger partial charge in [0.1, 0.15) is 0 Å². The molecule has 3 heterocycles. The van der Waals surface area contributed by atoms with Crippen LogP contribution in [0.15, 0.2) is 41.3 Å². The summed E-state index contributed by atoms with van der Waals surface area (Å²) in [6.07, 6.45) is 7.80. The highest BCUT2D eigenvalue weighted by molar-refractivity contribution is 5.94. The van der Waals surface area contributed by atoms with Gasteiger partial charge in [0.15, 0.2) is 12.2 Å². The molecule has 2 aromatic rings. The Kier molecular flexibility index (Phi) is 3.87. The minimum absolute atomic E-state index is 0.0212. The van der Waals surface area contributed by atoms with E-state index in [1.807, 2.05) is 24.3 Å². The van der Waals surface area contributed by atoms with Gasteiger partial charge in [0.2, 0.25) is 0 Å². The number of piperidine rings is 1. The first kappa shape index (κ1) is 14.5. The fraction of sp³-hybridized carbons (Fsp3) is 0.444. The van der Waals surface area contributed by atoms with E-state index < -0.39 is 0 Å². The Bertz CT molecular complexity index is 666. The smallest absolute Gasteiger partial charge is 0.251 e. The van der Waals surface area contributed by atoms with E-state index in [2.05, 4.69) is 15.2 Å². The van der Waals surface area contributed by atoms with Crippen LogP contribution in [0.4, 0.5) is 0 Å².